The summed E-state index contributed by atoms with van der Waals surface area (Å²) in [6, 6.07) is 21.8. The van der Waals surface area contributed by atoms with Crippen LogP contribution >= 0.6 is 11.6 Å². The van der Waals surface area contributed by atoms with E-state index in [0.717, 1.165) is 46.1 Å². The van der Waals surface area contributed by atoms with E-state index >= 15 is 0 Å². The van der Waals surface area contributed by atoms with Gasteiger partial charge in [0.15, 0.2) is 11.5 Å². The van der Waals surface area contributed by atoms with Gasteiger partial charge in [0, 0.05) is 22.6 Å². The normalized spacial score (nSPS) is 19.4. The van der Waals surface area contributed by atoms with E-state index < -0.39 is 0 Å². The molecule has 2 aliphatic rings. The zero-order valence-electron chi connectivity index (χ0n) is 16.7. The van der Waals surface area contributed by atoms with E-state index in [1.165, 1.54) is 0 Å². The van der Waals surface area contributed by atoms with Gasteiger partial charge < -0.3 is 14.2 Å². The Labute approximate surface area is 180 Å². The van der Waals surface area contributed by atoms with Crippen molar-refractivity contribution in [2.75, 3.05) is 14.2 Å². The summed E-state index contributed by atoms with van der Waals surface area (Å²) in [5, 5.41) is 7.74. The third kappa shape index (κ3) is 3.15. The average molecular weight is 421 g/mol. The summed E-state index contributed by atoms with van der Waals surface area (Å²) in [6.45, 7) is 0. The fourth-order valence-electron chi connectivity index (χ4n) is 4.05. The molecule has 5 rings (SSSR count). The number of benzene rings is 3. The zero-order valence-corrected chi connectivity index (χ0v) is 17.5. The Hall–Kier alpha value is -3.18. The minimum absolute atomic E-state index is 0.0571. The maximum absolute atomic E-state index is 6.46. The highest BCUT2D eigenvalue weighted by atomic mass is 35.5. The second kappa shape index (κ2) is 7.58. The van der Waals surface area contributed by atoms with Crippen LogP contribution in [0.4, 0.5) is 0 Å². The van der Waals surface area contributed by atoms with Crippen LogP contribution in [0.5, 0.6) is 17.2 Å². The Morgan fingerprint density at radius 3 is 2.43 bits per heavy atom. The number of para-hydroxylation sites is 1. The number of methoxy groups -OCH3 is 2. The van der Waals surface area contributed by atoms with Crippen molar-refractivity contribution in [1.29, 1.82) is 0 Å². The van der Waals surface area contributed by atoms with Crippen LogP contribution < -0.4 is 14.2 Å². The number of hydrogen-bond donors (Lipinski definition) is 0. The van der Waals surface area contributed by atoms with Gasteiger partial charge in [0.1, 0.15) is 5.75 Å². The van der Waals surface area contributed by atoms with E-state index in [0.29, 0.717) is 5.02 Å². The molecule has 152 valence electrons. The van der Waals surface area contributed by atoms with Crippen molar-refractivity contribution >= 4 is 17.3 Å². The van der Waals surface area contributed by atoms with Gasteiger partial charge in [-0.3, -0.25) is 0 Å². The van der Waals surface area contributed by atoms with Crippen LogP contribution in [0.25, 0.3) is 0 Å². The van der Waals surface area contributed by atoms with Gasteiger partial charge in [0.25, 0.3) is 0 Å². The monoisotopic (exact) mass is 420 g/mol. The van der Waals surface area contributed by atoms with E-state index in [9.17, 15) is 0 Å². The third-order valence-corrected chi connectivity index (χ3v) is 5.83. The molecular weight excluding hydrogens is 400 g/mol. The molecule has 0 amide bonds. The molecule has 0 fully saturated rings. The zero-order chi connectivity index (χ0) is 20.7. The first-order valence-corrected chi connectivity index (χ1v) is 10.1. The average Bonchev–Trinajstić information content (AvgIpc) is 3.24. The number of halogens is 1. The number of nitrogens with zero attached hydrogens (tertiary/aromatic N) is 2. The highest BCUT2D eigenvalue weighted by Gasteiger charge is 2.42. The van der Waals surface area contributed by atoms with Crippen LogP contribution in [0, 0.1) is 0 Å². The van der Waals surface area contributed by atoms with E-state index in [1.54, 1.807) is 14.2 Å². The van der Waals surface area contributed by atoms with Crippen molar-refractivity contribution < 1.29 is 14.2 Å². The van der Waals surface area contributed by atoms with Gasteiger partial charge in [-0.25, -0.2) is 5.01 Å². The van der Waals surface area contributed by atoms with Crippen molar-refractivity contribution in [3.05, 3.63) is 88.4 Å². The van der Waals surface area contributed by atoms with Gasteiger partial charge >= 0.3 is 0 Å². The molecule has 2 aliphatic heterocycles. The topological polar surface area (TPSA) is 43.3 Å². The second-order valence-electron chi connectivity index (χ2n) is 7.28. The summed E-state index contributed by atoms with van der Waals surface area (Å²) < 4.78 is 17.4. The number of fused-ring (bicyclic) bond motifs is 3. The lowest BCUT2D eigenvalue weighted by atomic mass is 9.95. The fraction of sp³-hybridized carbons (Fsp3) is 0.208. The first-order valence-electron chi connectivity index (χ1n) is 9.77. The molecule has 0 radical (unpaired) electrons. The highest BCUT2D eigenvalue weighted by molar-refractivity contribution is 6.30. The summed E-state index contributed by atoms with van der Waals surface area (Å²) >= 11 is 6.07. The minimum atomic E-state index is -0.366. The molecule has 2 heterocycles. The highest BCUT2D eigenvalue weighted by Crippen LogP contribution is 2.50. The number of hydrogen-bond acceptors (Lipinski definition) is 5. The lowest BCUT2D eigenvalue weighted by molar-refractivity contribution is -0.0209. The van der Waals surface area contributed by atoms with Crippen LogP contribution in [-0.4, -0.2) is 24.9 Å². The molecule has 0 aromatic heterocycles. The van der Waals surface area contributed by atoms with E-state index in [2.05, 4.69) is 6.07 Å². The molecular formula is C24H21ClN2O3. The molecule has 0 saturated carbocycles. The summed E-state index contributed by atoms with van der Waals surface area (Å²) in [5.41, 5.74) is 4.14. The molecule has 0 bridgehead atoms. The van der Waals surface area contributed by atoms with Crippen molar-refractivity contribution in [2.45, 2.75) is 18.7 Å². The van der Waals surface area contributed by atoms with Gasteiger partial charge in [-0.1, -0.05) is 35.9 Å². The standard InChI is InChI=1S/C24H21ClN2O3/c1-28-18-12-8-16(9-13-18)24-27-21(19-4-3-5-22(29-2)23(19)30-24)14-20(26-27)15-6-10-17(25)11-7-15/h3-13,21,24H,14H2,1-2H3/t21-,24+/m1/s1. The SMILES string of the molecule is COc1ccc([C@@H]2Oc3c(OC)cccc3[C@H]3CC(c4ccc(Cl)cc4)=NN32)cc1. The molecule has 0 aliphatic carbocycles. The summed E-state index contributed by atoms with van der Waals surface area (Å²) in [6.07, 6.45) is 0.409. The largest absolute Gasteiger partial charge is 0.497 e. The molecule has 0 spiro atoms. The quantitative estimate of drug-likeness (QED) is 0.551. The second-order valence-corrected chi connectivity index (χ2v) is 7.71. The Morgan fingerprint density at radius 2 is 1.73 bits per heavy atom. The summed E-state index contributed by atoms with van der Waals surface area (Å²) in [7, 11) is 3.32. The molecule has 3 aromatic carbocycles. The molecule has 0 N–H and O–H groups in total. The lowest BCUT2D eigenvalue weighted by Crippen LogP contribution is -2.33. The van der Waals surface area contributed by atoms with Crippen molar-refractivity contribution in [3.63, 3.8) is 0 Å². The summed E-state index contributed by atoms with van der Waals surface area (Å²) in [4.78, 5) is 0. The first kappa shape index (κ1) is 18.8. The smallest absolute Gasteiger partial charge is 0.214 e. The maximum Gasteiger partial charge on any atom is 0.214 e. The van der Waals surface area contributed by atoms with Gasteiger partial charge in [0.05, 0.1) is 26.0 Å². The van der Waals surface area contributed by atoms with Gasteiger partial charge in [-0.05, 0) is 48.0 Å². The molecule has 0 unspecified atom stereocenters. The Balaban J connectivity index is 1.59. The molecule has 2 atom stereocenters. The molecule has 6 heteroatoms. The number of rotatable bonds is 4. The van der Waals surface area contributed by atoms with Crippen LogP contribution in [-0.2, 0) is 0 Å². The predicted octanol–water partition coefficient (Wildman–Crippen LogP) is 5.60. The fourth-order valence-corrected chi connectivity index (χ4v) is 4.18. The minimum Gasteiger partial charge on any atom is -0.497 e. The van der Waals surface area contributed by atoms with Crippen molar-refractivity contribution in [2.24, 2.45) is 5.10 Å². The number of hydrazone groups is 1. The molecule has 3 aromatic rings. The first-order chi connectivity index (χ1) is 14.7. The van der Waals surface area contributed by atoms with Gasteiger partial charge in [0.2, 0.25) is 6.23 Å². The summed E-state index contributed by atoms with van der Waals surface area (Å²) in [5.74, 6) is 2.30. The molecule has 30 heavy (non-hydrogen) atoms. The molecule has 5 nitrogen and oxygen atoms in total. The Bertz CT molecular complexity index is 1100. The van der Waals surface area contributed by atoms with E-state index in [4.69, 9.17) is 30.9 Å². The van der Waals surface area contributed by atoms with Gasteiger partial charge in [-0.2, -0.15) is 5.10 Å². The third-order valence-electron chi connectivity index (χ3n) is 5.58. The van der Waals surface area contributed by atoms with Gasteiger partial charge in [-0.15, -0.1) is 0 Å². The van der Waals surface area contributed by atoms with Crippen molar-refractivity contribution in [1.82, 2.24) is 5.01 Å². The van der Waals surface area contributed by atoms with Crippen LogP contribution in [0.2, 0.25) is 5.02 Å². The van der Waals surface area contributed by atoms with Crippen LogP contribution in [0.1, 0.15) is 35.4 Å². The van der Waals surface area contributed by atoms with Crippen molar-refractivity contribution in [3.8, 4) is 17.2 Å². The lowest BCUT2D eigenvalue weighted by Gasteiger charge is -2.38. The van der Waals surface area contributed by atoms with E-state index in [-0.39, 0.29) is 12.3 Å². The Morgan fingerprint density at radius 1 is 0.967 bits per heavy atom. The molecule has 0 saturated heterocycles. The number of ether oxygens (including phenoxy) is 3. The maximum atomic E-state index is 6.46. The van der Waals surface area contributed by atoms with E-state index in [1.807, 2.05) is 65.7 Å². The Kier molecular flexibility index (Phi) is 4.75. The predicted molar refractivity (Wildman–Crippen MR) is 117 cm³/mol. The van der Waals surface area contributed by atoms with Crippen LogP contribution in [0.15, 0.2) is 71.8 Å². The van der Waals surface area contributed by atoms with Crippen LogP contribution in [0.3, 0.4) is 0 Å².